The van der Waals surface area contributed by atoms with Gasteiger partial charge in [-0.1, -0.05) is 20.3 Å². The van der Waals surface area contributed by atoms with Crippen LogP contribution in [0.25, 0.3) is 0 Å². The highest BCUT2D eigenvalue weighted by molar-refractivity contribution is 6.12. The Bertz CT molecular complexity index is 629. The molecule has 3 N–H and O–H groups in total. The Labute approximate surface area is 178 Å². The molecule has 2 atom stereocenters. The van der Waals surface area contributed by atoms with Crippen molar-refractivity contribution in [1.29, 1.82) is 0 Å². The van der Waals surface area contributed by atoms with Crippen LogP contribution >= 0.6 is 0 Å². The average molecular weight is 423 g/mol. The van der Waals surface area contributed by atoms with Crippen LogP contribution in [0.1, 0.15) is 52.4 Å². The van der Waals surface area contributed by atoms with E-state index in [4.69, 9.17) is 0 Å². The number of rotatable bonds is 15. The molecule has 0 radical (unpaired) electrons. The smallest absolute Gasteiger partial charge is 0.253 e. The van der Waals surface area contributed by atoms with Gasteiger partial charge in [-0.3, -0.25) is 24.1 Å². The van der Waals surface area contributed by atoms with Crippen LogP contribution < -0.4 is 16.0 Å². The van der Waals surface area contributed by atoms with Crippen LogP contribution in [0.2, 0.25) is 0 Å². The van der Waals surface area contributed by atoms with E-state index in [0.717, 1.165) is 19.3 Å². The van der Waals surface area contributed by atoms with Gasteiger partial charge in [0.15, 0.2) is 0 Å². The highest BCUT2D eigenvalue weighted by atomic mass is 16.2. The van der Waals surface area contributed by atoms with E-state index in [2.05, 4.69) is 16.0 Å². The topological polar surface area (TPSA) is 125 Å². The number of unbranched alkanes of at least 4 members (excludes halogenated alkanes) is 2. The fraction of sp³-hybridized carbons (Fsp3) is 0.667. The normalized spacial score (nSPS) is 15.4. The Hall–Kier alpha value is -2.55. The average Bonchev–Trinajstić information content (AvgIpc) is 3.02. The number of hydrogen-bond acceptors (Lipinski definition) is 6. The van der Waals surface area contributed by atoms with Crippen LogP contribution in [-0.4, -0.2) is 67.0 Å². The van der Waals surface area contributed by atoms with Crippen LogP contribution in [0.3, 0.4) is 0 Å². The molecule has 9 heteroatoms. The molecule has 1 aliphatic heterocycles. The molecule has 0 aromatic rings. The summed E-state index contributed by atoms with van der Waals surface area (Å²) in [5, 5.41) is 8.45. The molecule has 0 fully saturated rings. The molecular formula is C21H34N4O5. The molecule has 0 aromatic heterocycles. The van der Waals surface area contributed by atoms with Gasteiger partial charge in [-0.05, 0) is 45.2 Å². The quantitative estimate of drug-likeness (QED) is 0.198. The zero-order valence-corrected chi connectivity index (χ0v) is 18.1. The van der Waals surface area contributed by atoms with E-state index in [1.165, 1.54) is 17.1 Å². The van der Waals surface area contributed by atoms with Gasteiger partial charge >= 0.3 is 0 Å². The summed E-state index contributed by atoms with van der Waals surface area (Å²) in [4.78, 5) is 60.1. The first-order valence-electron chi connectivity index (χ1n) is 10.5. The highest BCUT2D eigenvalue weighted by Gasteiger charge is 2.26. The molecule has 1 heterocycles. The predicted molar refractivity (Wildman–Crippen MR) is 112 cm³/mol. The Balaban J connectivity index is 2.36. The number of carbonyl (C=O) groups is 5. The summed E-state index contributed by atoms with van der Waals surface area (Å²) in [5.74, 6) is -1.33. The lowest BCUT2D eigenvalue weighted by Crippen LogP contribution is -2.52. The third kappa shape index (κ3) is 8.86. The molecule has 0 saturated heterocycles. The minimum Gasteiger partial charge on any atom is -0.345 e. The number of imide groups is 1. The summed E-state index contributed by atoms with van der Waals surface area (Å²) in [6, 6.07) is -1.29. The van der Waals surface area contributed by atoms with Crippen molar-refractivity contribution in [1.82, 2.24) is 20.9 Å². The molecule has 0 bridgehead atoms. The maximum Gasteiger partial charge on any atom is 0.253 e. The number of carbonyl (C=O) groups excluding carboxylic acids is 5. The molecule has 2 unspecified atom stereocenters. The third-order valence-corrected chi connectivity index (χ3v) is 4.89. The lowest BCUT2D eigenvalue weighted by atomic mass is 10.0. The summed E-state index contributed by atoms with van der Waals surface area (Å²) in [5.41, 5.74) is 0. The second-order valence-corrected chi connectivity index (χ2v) is 7.76. The van der Waals surface area contributed by atoms with Crippen molar-refractivity contribution in [2.45, 2.75) is 64.5 Å². The van der Waals surface area contributed by atoms with Crippen LogP contribution in [0.15, 0.2) is 12.2 Å². The van der Waals surface area contributed by atoms with Crippen molar-refractivity contribution in [3.63, 3.8) is 0 Å². The summed E-state index contributed by atoms with van der Waals surface area (Å²) in [7, 11) is 1.82. The second-order valence-electron chi connectivity index (χ2n) is 7.76. The zero-order chi connectivity index (χ0) is 22.5. The number of hydrogen-bond donors (Lipinski definition) is 3. The Morgan fingerprint density at radius 3 is 2.27 bits per heavy atom. The van der Waals surface area contributed by atoms with Crippen molar-refractivity contribution in [2.75, 3.05) is 20.1 Å². The Kier molecular flexibility index (Phi) is 11.6. The number of nitrogens with zero attached hydrogens (tertiary/aromatic N) is 1. The lowest BCUT2D eigenvalue weighted by Gasteiger charge is -2.23. The van der Waals surface area contributed by atoms with E-state index < -0.39 is 12.1 Å². The minimum absolute atomic E-state index is 0.127. The van der Waals surface area contributed by atoms with E-state index in [1.54, 1.807) is 0 Å². The first-order chi connectivity index (χ1) is 14.3. The SMILES string of the molecule is CNCCCC(C=O)NC(=O)C(NC(=O)CCCCCN1C(=O)C=CC1=O)C(C)C. The summed E-state index contributed by atoms with van der Waals surface area (Å²) < 4.78 is 0. The highest BCUT2D eigenvalue weighted by Crippen LogP contribution is 2.09. The van der Waals surface area contributed by atoms with Gasteiger partial charge in [-0.25, -0.2) is 0 Å². The summed E-state index contributed by atoms with van der Waals surface area (Å²) in [6.45, 7) is 4.75. The van der Waals surface area contributed by atoms with Crippen LogP contribution in [0.5, 0.6) is 0 Å². The first-order valence-corrected chi connectivity index (χ1v) is 10.5. The zero-order valence-electron chi connectivity index (χ0n) is 18.1. The van der Waals surface area contributed by atoms with Crippen molar-refractivity contribution < 1.29 is 24.0 Å². The molecule has 0 spiro atoms. The molecule has 30 heavy (non-hydrogen) atoms. The molecule has 0 aromatic carbocycles. The number of nitrogens with one attached hydrogen (secondary N) is 3. The van der Waals surface area contributed by atoms with Gasteiger partial charge in [0.05, 0.1) is 6.04 Å². The number of amides is 4. The van der Waals surface area contributed by atoms with Crippen LogP contribution in [0.4, 0.5) is 0 Å². The molecule has 1 aliphatic rings. The van der Waals surface area contributed by atoms with E-state index in [-0.39, 0.29) is 36.0 Å². The van der Waals surface area contributed by atoms with Gasteiger partial charge in [-0.15, -0.1) is 0 Å². The van der Waals surface area contributed by atoms with Gasteiger partial charge in [0.2, 0.25) is 11.8 Å². The lowest BCUT2D eigenvalue weighted by molar-refractivity contribution is -0.137. The van der Waals surface area contributed by atoms with Crippen molar-refractivity contribution >= 4 is 29.9 Å². The molecule has 0 saturated carbocycles. The fourth-order valence-electron chi connectivity index (χ4n) is 3.11. The van der Waals surface area contributed by atoms with E-state index in [9.17, 15) is 24.0 Å². The van der Waals surface area contributed by atoms with Gasteiger partial charge in [0, 0.05) is 25.1 Å². The summed E-state index contributed by atoms with van der Waals surface area (Å²) in [6.07, 6.45) is 6.65. The molecule has 9 nitrogen and oxygen atoms in total. The van der Waals surface area contributed by atoms with E-state index in [0.29, 0.717) is 32.2 Å². The van der Waals surface area contributed by atoms with E-state index in [1.807, 2.05) is 20.9 Å². The van der Waals surface area contributed by atoms with Gasteiger partial charge < -0.3 is 20.7 Å². The standard InChI is InChI=1S/C21H34N4O5/c1-15(2)20(21(30)23-16(14-26)8-7-12-22-3)24-17(27)9-5-4-6-13-25-18(28)10-11-19(25)29/h10-11,14-16,20,22H,4-9,12-13H2,1-3H3,(H,23,30)(H,24,27). The van der Waals surface area contributed by atoms with Crippen LogP contribution in [-0.2, 0) is 24.0 Å². The molecule has 1 rings (SSSR count). The van der Waals surface area contributed by atoms with Crippen molar-refractivity contribution in [2.24, 2.45) is 5.92 Å². The van der Waals surface area contributed by atoms with Crippen molar-refractivity contribution in [3.05, 3.63) is 12.2 Å². The monoisotopic (exact) mass is 422 g/mol. The van der Waals surface area contributed by atoms with E-state index >= 15 is 0 Å². The maximum atomic E-state index is 12.5. The molecule has 168 valence electrons. The minimum atomic E-state index is -0.713. The predicted octanol–water partition coefficient (Wildman–Crippen LogP) is 0.296. The first kappa shape index (κ1) is 25.5. The fourth-order valence-corrected chi connectivity index (χ4v) is 3.11. The Morgan fingerprint density at radius 1 is 1.03 bits per heavy atom. The maximum absolute atomic E-state index is 12.5. The van der Waals surface area contributed by atoms with Gasteiger partial charge in [-0.2, -0.15) is 0 Å². The van der Waals surface area contributed by atoms with Gasteiger partial charge in [0.1, 0.15) is 12.3 Å². The largest absolute Gasteiger partial charge is 0.345 e. The molecular weight excluding hydrogens is 388 g/mol. The number of aldehydes is 1. The van der Waals surface area contributed by atoms with Crippen LogP contribution in [0, 0.1) is 5.92 Å². The summed E-state index contributed by atoms with van der Waals surface area (Å²) >= 11 is 0. The second kappa shape index (κ2) is 13.6. The molecule has 4 amide bonds. The molecule has 0 aliphatic carbocycles. The van der Waals surface area contributed by atoms with Crippen molar-refractivity contribution in [3.8, 4) is 0 Å². The Morgan fingerprint density at radius 2 is 1.70 bits per heavy atom. The van der Waals surface area contributed by atoms with Gasteiger partial charge in [0.25, 0.3) is 11.8 Å². The third-order valence-electron chi connectivity index (χ3n) is 4.89.